The van der Waals surface area contributed by atoms with Crippen LogP contribution in [0, 0.1) is 11.8 Å². The van der Waals surface area contributed by atoms with Crippen LogP contribution < -0.4 is 0 Å². The van der Waals surface area contributed by atoms with Crippen LogP contribution in [0.4, 0.5) is 0 Å². The van der Waals surface area contributed by atoms with Crippen LogP contribution in [-0.2, 0) is 19.1 Å². The second kappa shape index (κ2) is 5.68. The molecule has 0 radical (unpaired) electrons. The molecule has 0 aromatic carbocycles. The van der Waals surface area contributed by atoms with E-state index < -0.39 is 11.8 Å². The Balaban J connectivity index is 2.69. The third kappa shape index (κ3) is 2.84. The van der Waals surface area contributed by atoms with E-state index in [1.807, 2.05) is 0 Å². The Morgan fingerprint density at radius 3 is 1.81 bits per heavy atom. The lowest BCUT2D eigenvalue weighted by molar-refractivity contribution is -0.158. The molecule has 1 aliphatic rings. The summed E-state index contributed by atoms with van der Waals surface area (Å²) in [4.78, 5) is 23.3. The zero-order chi connectivity index (χ0) is 12.1. The van der Waals surface area contributed by atoms with E-state index in [4.69, 9.17) is 9.47 Å². The van der Waals surface area contributed by atoms with Crippen molar-refractivity contribution in [3.05, 3.63) is 12.2 Å². The quantitative estimate of drug-likeness (QED) is 0.540. The molecule has 4 nitrogen and oxygen atoms in total. The average molecular weight is 226 g/mol. The number of ether oxygens (including phenoxy) is 2. The van der Waals surface area contributed by atoms with Gasteiger partial charge in [0.2, 0.25) is 0 Å². The standard InChI is InChI=1S/C12H18O4/c1-4-15-11(13)9-6-8(3)7-10(9)12(14)16-5-2/h9-10H,3-7H2,1-2H3/t9-,10+. The summed E-state index contributed by atoms with van der Waals surface area (Å²) in [5, 5.41) is 0. The van der Waals surface area contributed by atoms with Crippen LogP contribution in [0.15, 0.2) is 12.2 Å². The first-order valence-electron chi connectivity index (χ1n) is 5.60. The normalized spacial score (nSPS) is 24.2. The SMILES string of the molecule is C=C1C[C@H](C(=O)OCC)[C@H](C(=O)OCC)C1. The molecule has 0 aromatic rings. The van der Waals surface area contributed by atoms with E-state index >= 15 is 0 Å². The average Bonchev–Trinajstić information content (AvgIpc) is 2.61. The van der Waals surface area contributed by atoms with E-state index in [-0.39, 0.29) is 11.9 Å². The highest BCUT2D eigenvalue weighted by molar-refractivity contribution is 5.83. The molecule has 0 heterocycles. The summed E-state index contributed by atoms with van der Waals surface area (Å²) in [5.74, 6) is -1.46. The molecule has 1 fully saturated rings. The minimum Gasteiger partial charge on any atom is -0.466 e. The number of rotatable bonds is 4. The lowest BCUT2D eigenvalue weighted by Gasteiger charge is -2.15. The predicted octanol–water partition coefficient (Wildman–Crippen LogP) is 1.70. The van der Waals surface area contributed by atoms with Crippen molar-refractivity contribution in [2.45, 2.75) is 26.7 Å². The third-order valence-corrected chi connectivity index (χ3v) is 2.68. The van der Waals surface area contributed by atoms with Crippen molar-refractivity contribution >= 4 is 11.9 Å². The van der Waals surface area contributed by atoms with Crippen LogP contribution in [0.3, 0.4) is 0 Å². The molecular weight excluding hydrogens is 208 g/mol. The zero-order valence-corrected chi connectivity index (χ0v) is 9.82. The molecular formula is C12H18O4. The van der Waals surface area contributed by atoms with E-state index in [1.54, 1.807) is 13.8 Å². The van der Waals surface area contributed by atoms with Gasteiger partial charge in [-0.3, -0.25) is 9.59 Å². The van der Waals surface area contributed by atoms with Crippen molar-refractivity contribution in [3.63, 3.8) is 0 Å². The van der Waals surface area contributed by atoms with E-state index in [0.29, 0.717) is 26.1 Å². The first kappa shape index (κ1) is 12.7. The molecule has 1 aliphatic carbocycles. The van der Waals surface area contributed by atoms with Gasteiger partial charge < -0.3 is 9.47 Å². The molecule has 0 saturated heterocycles. The van der Waals surface area contributed by atoms with Crippen molar-refractivity contribution in [2.24, 2.45) is 11.8 Å². The van der Waals surface area contributed by atoms with E-state index in [9.17, 15) is 9.59 Å². The summed E-state index contributed by atoms with van der Waals surface area (Å²) in [5.41, 5.74) is 0.913. The van der Waals surface area contributed by atoms with E-state index in [1.165, 1.54) is 0 Å². The molecule has 0 unspecified atom stereocenters. The maximum atomic E-state index is 11.6. The van der Waals surface area contributed by atoms with Gasteiger partial charge in [0.1, 0.15) is 0 Å². The zero-order valence-electron chi connectivity index (χ0n) is 9.82. The summed E-state index contributed by atoms with van der Waals surface area (Å²) < 4.78 is 9.89. The largest absolute Gasteiger partial charge is 0.466 e. The van der Waals surface area contributed by atoms with E-state index in [0.717, 1.165) is 5.57 Å². The third-order valence-electron chi connectivity index (χ3n) is 2.68. The van der Waals surface area contributed by atoms with Gasteiger partial charge >= 0.3 is 11.9 Å². The number of carbonyl (C=O) groups excluding carboxylic acids is 2. The summed E-state index contributed by atoms with van der Waals surface area (Å²) >= 11 is 0. The Labute approximate surface area is 95.6 Å². The smallest absolute Gasteiger partial charge is 0.310 e. The van der Waals surface area contributed by atoms with Gasteiger partial charge in [0.15, 0.2) is 0 Å². The highest BCUT2D eigenvalue weighted by Crippen LogP contribution is 2.36. The Bertz CT molecular complexity index is 267. The molecule has 1 rings (SSSR count). The van der Waals surface area contributed by atoms with Crippen molar-refractivity contribution in [2.75, 3.05) is 13.2 Å². The first-order valence-corrected chi connectivity index (χ1v) is 5.60. The molecule has 0 amide bonds. The number of allylic oxidation sites excluding steroid dienone is 1. The minimum atomic E-state index is -0.411. The van der Waals surface area contributed by atoms with Crippen LogP contribution >= 0.6 is 0 Å². The molecule has 90 valence electrons. The first-order chi connectivity index (χ1) is 7.60. The molecule has 1 saturated carbocycles. The van der Waals surface area contributed by atoms with Crippen molar-refractivity contribution in [1.82, 2.24) is 0 Å². The van der Waals surface area contributed by atoms with Crippen molar-refractivity contribution in [3.8, 4) is 0 Å². The topological polar surface area (TPSA) is 52.6 Å². The number of esters is 2. The number of hydrogen-bond acceptors (Lipinski definition) is 4. The molecule has 0 aromatic heterocycles. The van der Waals surface area contributed by atoms with Gasteiger partial charge in [0.25, 0.3) is 0 Å². The monoisotopic (exact) mass is 226 g/mol. The molecule has 0 bridgehead atoms. The predicted molar refractivity (Wildman–Crippen MR) is 58.6 cm³/mol. The molecule has 4 heteroatoms. The summed E-state index contributed by atoms with van der Waals surface area (Å²) in [6.07, 6.45) is 1.06. The summed E-state index contributed by atoms with van der Waals surface area (Å²) in [6, 6.07) is 0. The van der Waals surface area contributed by atoms with Crippen LogP contribution in [0.5, 0.6) is 0 Å². The Morgan fingerprint density at radius 2 is 1.50 bits per heavy atom. The Kier molecular flexibility index (Phi) is 4.52. The van der Waals surface area contributed by atoms with Crippen LogP contribution in [0.2, 0.25) is 0 Å². The highest BCUT2D eigenvalue weighted by Gasteiger charge is 2.41. The van der Waals surface area contributed by atoms with Crippen LogP contribution in [0.1, 0.15) is 26.7 Å². The van der Waals surface area contributed by atoms with Gasteiger partial charge in [-0.2, -0.15) is 0 Å². The number of carbonyl (C=O) groups is 2. The van der Waals surface area contributed by atoms with Gasteiger partial charge in [-0.25, -0.2) is 0 Å². The van der Waals surface area contributed by atoms with Gasteiger partial charge in [-0.1, -0.05) is 12.2 Å². The highest BCUT2D eigenvalue weighted by atomic mass is 16.5. The second-order valence-electron chi connectivity index (χ2n) is 3.88. The maximum Gasteiger partial charge on any atom is 0.310 e. The lowest BCUT2D eigenvalue weighted by atomic mass is 9.96. The Morgan fingerprint density at radius 1 is 1.12 bits per heavy atom. The minimum absolute atomic E-state index is 0.320. The Hall–Kier alpha value is -1.32. The van der Waals surface area contributed by atoms with Crippen LogP contribution in [0.25, 0.3) is 0 Å². The molecule has 2 atom stereocenters. The van der Waals surface area contributed by atoms with Gasteiger partial charge in [-0.05, 0) is 26.7 Å². The summed E-state index contributed by atoms with van der Waals surface area (Å²) in [7, 11) is 0. The lowest BCUT2D eigenvalue weighted by Crippen LogP contribution is -2.28. The van der Waals surface area contributed by atoms with Crippen molar-refractivity contribution in [1.29, 1.82) is 0 Å². The summed E-state index contributed by atoms with van der Waals surface area (Å²) in [6.45, 7) is 7.99. The number of hydrogen-bond donors (Lipinski definition) is 0. The fourth-order valence-electron chi connectivity index (χ4n) is 1.98. The van der Waals surface area contributed by atoms with Crippen molar-refractivity contribution < 1.29 is 19.1 Å². The fraction of sp³-hybridized carbons (Fsp3) is 0.667. The van der Waals surface area contributed by atoms with Gasteiger partial charge in [-0.15, -0.1) is 0 Å². The second-order valence-corrected chi connectivity index (χ2v) is 3.88. The van der Waals surface area contributed by atoms with Gasteiger partial charge in [0, 0.05) is 0 Å². The van der Waals surface area contributed by atoms with Gasteiger partial charge in [0.05, 0.1) is 25.0 Å². The maximum absolute atomic E-state index is 11.6. The molecule has 16 heavy (non-hydrogen) atoms. The van der Waals surface area contributed by atoms with E-state index in [2.05, 4.69) is 6.58 Å². The molecule has 0 spiro atoms. The molecule has 0 N–H and O–H groups in total. The van der Waals surface area contributed by atoms with Crippen LogP contribution in [-0.4, -0.2) is 25.2 Å². The molecule has 0 aliphatic heterocycles. The fourth-order valence-corrected chi connectivity index (χ4v) is 1.98.